The highest BCUT2D eigenvalue weighted by atomic mass is 16.6. The Balaban J connectivity index is 2.51. The Kier molecular flexibility index (Phi) is 7.10. The van der Waals surface area contributed by atoms with Gasteiger partial charge >= 0.3 is 12.1 Å². The Morgan fingerprint density at radius 1 is 1.22 bits per heavy atom. The number of carbonyl (C=O) groups is 2. The normalized spacial score (nSPS) is 17.6. The molecule has 0 saturated carbocycles. The molecule has 1 N–H and O–H groups in total. The van der Waals surface area contributed by atoms with Crippen molar-refractivity contribution in [3.05, 3.63) is 12.7 Å². The number of carbonyl (C=O) groups excluding carboxylic acids is 1. The number of unbranched alkanes of at least 4 members (excludes halogenated alkanes) is 3. The van der Waals surface area contributed by atoms with Crippen molar-refractivity contribution in [1.82, 2.24) is 4.90 Å². The van der Waals surface area contributed by atoms with E-state index in [0.29, 0.717) is 32.4 Å². The molecule has 0 spiro atoms. The first kappa shape index (κ1) is 19.5. The molecule has 23 heavy (non-hydrogen) atoms. The quantitative estimate of drug-likeness (QED) is 0.562. The van der Waals surface area contributed by atoms with Gasteiger partial charge < -0.3 is 14.7 Å². The summed E-state index contributed by atoms with van der Waals surface area (Å²) in [5, 5.41) is 9.65. The van der Waals surface area contributed by atoms with Gasteiger partial charge in [-0.15, -0.1) is 6.58 Å². The van der Waals surface area contributed by atoms with E-state index in [2.05, 4.69) is 6.58 Å². The summed E-state index contributed by atoms with van der Waals surface area (Å²) in [6, 6.07) is 0. The summed E-state index contributed by atoms with van der Waals surface area (Å²) in [5.41, 5.74) is -1.21. The predicted molar refractivity (Wildman–Crippen MR) is 90.4 cm³/mol. The molecule has 0 atom stereocenters. The predicted octanol–water partition coefficient (Wildman–Crippen LogP) is 4.22. The Morgan fingerprint density at radius 3 is 2.30 bits per heavy atom. The van der Waals surface area contributed by atoms with E-state index in [1.54, 1.807) is 4.90 Å². The fourth-order valence-corrected chi connectivity index (χ4v) is 2.94. The molecule has 0 aromatic heterocycles. The van der Waals surface area contributed by atoms with E-state index in [4.69, 9.17) is 4.74 Å². The number of carboxylic acid groups (broad SMARTS) is 1. The van der Waals surface area contributed by atoms with Crippen LogP contribution >= 0.6 is 0 Å². The van der Waals surface area contributed by atoms with Gasteiger partial charge in [0.25, 0.3) is 0 Å². The molecule has 1 aliphatic rings. The fourth-order valence-electron chi connectivity index (χ4n) is 2.94. The van der Waals surface area contributed by atoms with Crippen molar-refractivity contribution in [2.24, 2.45) is 5.41 Å². The van der Waals surface area contributed by atoms with E-state index in [0.717, 1.165) is 25.7 Å². The van der Waals surface area contributed by atoms with Crippen LogP contribution < -0.4 is 0 Å². The highest BCUT2D eigenvalue weighted by molar-refractivity contribution is 5.75. The lowest BCUT2D eigenvalue weighted by Crippen LogP contribution is -2.47. The van der Waals surface area contributed by atoms with Crippen molar-refractivity contribution < 1.29 is 19.4 Å². The van der Waals surface area contributed by atoms with Crippen molar-refractivity contribution in [3.63, 3.8) is 0 Å². The van der Waals surface area contributed by atoms with E-state index in [9.17, 15) is 14.7 Å². The second-order valence-electron chi connectivity index (χ2n) is 7.44. The van der Waals surface area contributed by atoms with Crippen LogP contribution in [0.1, 0.15) is 65.7 Å². The zero-order chi connectivity index (χ0) is 17.5. The van der Waals surface area contributed by atoms with Gasteiger partial charge in [-0.3, -0.25) is 4.79 Å². The smallest absolute Gasteiger partial charge is 0.410 e. The van der Waals surface area contributed by atoms with Crippen LogP contribution in [-0.2, 0) is 9.53 Å². The largest absolute Gasteiger partial charge is 0.481 e. The Hall–Kier alpha value is -1.52. The molecule has 132 valence electrons. The van der Waals surface area contributed by atoms with Crippen LogP contribution in [0.5, 0.6) is 0 Å². The lowest BCUT2D eigenvalue weighted by molar-refractivity contribution is -0.152. The van der Waals surface area contributed by atoms with Gasteiger partial charge in [0.1, 0.15) is 5.60 Å². The number of hydrogen-bond donors (Lipinski definition) is 1. The second kappa shape index (κ2) is 8.37. The van der Waals surface area contributed by atoms with Gasteiger partial charge in [0, 0.05) is 13.1 Å². The van der Waals surface area contributed by atoms with Gasteiger partial charge in [0.05, 0.1) is 5.41 Å². The van der Waals surface area contributed by atoms with Crippen molar-refractivity contribution in [2.45, 2.75) is 71.3 Å². The van der Waals surface area contributed by atoms with Crippen LogP contribution in [-0.4, -0.2) is 40.8 Å². The molecule has 5 nitrogen and oxygen atoms in total. The van der Waals surface area contributed by atoms with Crippen LogP contribution in [0.4, 0.5) is 4.79 Å². The van der Waals surface area contributed by atoms with Crippen molar-refractivity contribution in [3.8, 4) is 0 Å². The van der Waals surface area contributed by atoms with Crippen LogP contribution in [0.25, 0.3) is 0 Å². The molecule has 1 heterocycles. The first-order chi connectivity index (χ1) is 10.7. The Bertz CT molecular complexity index is 417. The van der Waals surface area contributed by atoms with Crippen molar-refractivity contribution in [1.29, 1.82) is 0 Å². The Labute approximate surface area is 139 Å². The molecule has 0 radical (unpaired) electrons. The summed E-state index contributed by atoms with van der Waals surface area (Å²) in [7, 11) is 0. The zero-order valence-corrected chi connectivity index (χ0v) is 14.8. The maximum Gasteiger partial charge on any atom is 0.410 e. The first-order valence-electron chi connectivity index (χ1n) is 8.52. The number of hydrogen-bond acceptors (Lipinski definition) is 3. The minimum atomic E-state index is -0.731. The van der Waals surface area contributed by atoms with Crippen LogP contribution in [0.15, 0.2) is 12.7 Å². The van der Waals surface area contributed by atoms with E-state index in [-0.39, 0.29) is 6.09 Å². The van der Waals surface area contributed by atoms with Crippen molar-refractivity contribution in [2.75, 3.05) is 13.1 Å². The number of likely N-dealkylation sites (tertiary alicyclic amines) is 1. The van der Waals surface area contributed by atoms with Crippen molar-refractivity contribution >= 4 is 12.1 Å². The van der Waals surface area contributed by atoms with Crippen LogP contribution in [0.3, 0.4) is 0 Å². The molecule has 1 saturated heterocycles. The van der Waals surface area contributed by atoms with Gasteiger partial charge in [-0.1, -0.05) is 18.9 Å². The highest BCUT2D eigenvalue weighted by Gasteiger charge is 2.42. The maximum atomic E-state index is 12.1. The minimum Gasteiger partial charge on any atom is -0.481 e. The third kappa shape index (κ3) is 6.24. The second-order valence-corrected chi connectivity index (χ2v) is 7.44. The summed E-state index contributed by atoms with van der Waals surface area (Å²) in [6.07, 6.45) is 7.21. The van der Waals surface area contributed by atoms with E-state index in [1.165, 1.54) is 0 Å². The van der Waals surface area contributed by atoms with Crippen LogP contribution in [0, 0.1) is 5.41 Å². The SMILES string of the molecule is C=CCCCCCC1(C(=O)O)CCN(C(=O)OC(C)(C)C)CC1. The molecule has 1 rings (SSSR count). The standard InChI is InChI=1S/C18H31NO4/c1-5-6-7-8-9-10-18(15(20)21)11-13-19(14-12-18)16(22)23-17(2,3)4/h5H,1,6-14H2,2-4H3,(H,20,21). The summed E-state index contributed by atoms with van der Waals surface area (Å²) in [5.74, 6) is -0.731. The summed E-state index contributed by atoms with van der Waals surface area (Å²) >= 11 is 0. The zero-order valence-electron chi connectivity index (χ0n) is 14.8. The van der Waals surface area contributed by atoms with Gasteiger partial charge in [-0.25, -0.2) is 4.79 Å². The number of ether oxygens (including phenoxy) is 1. The lowest BCUT2D eigenvalue weighted by atomic mass is 9.74. The molecule has 5 heteroatoms. The molecule has 1 aliphatic heterocycles. The van der Waals surface area contributed by atoms with Gasteiger partial charge in [-0.2, -0.15) is 0 Å². The monoisotopic (exact) mass is 325 g/mol. The van der Waals surface area contributed by atoms with E-state index < -0.39 is 17.0 Å². The molecule has 0 bridgehead atoms. The first-order valence-corrected chi connectivity index (χ1v) is 8.52. The number of carboxylic acids is 1. The minimum absolute atomic E-state index is 0.345. The molecular formula is C18H31NO4. The molecular weight excluding hydrogens is 294 g/mol. The number of rotatable bonds is 7. The fraction of sp³-hybridized carbons (Fsp3) is 0.778. The van der Waals surface area contributed by atoms with Gasteiger partial charge in [0.2, 0.25) is 0 Å². The summed E-state index contributed by atoms with van der Waals surface area (Å²) < 4.78 is 5.36. The highest BCUT2D eigenvalue weighted by Crippen LogP contribution is 2.37. The van der Waals surface area contributed by atoms with Gasteiger partial charge in [0.15, 0.2) is 0 Å². The number of allylic oxidation sites excluding steroid dienone is 1. The maximum absolute atomic E-state index is 12.1. The number of piperidine rings is 1. The van der Waals surface area contributed by atoms with Crippen LogP contribution in [0.2, 0.25) is 0 Å². The number of nitrogens with zero attached hydrogens (tertiary/aromatic N) is 1. The molecule has 0 aromatic rings. The summed E-state index contributed by atoms with van der Waals surface area (Å²) in [4.78, 5) is 25.5. The molecule has 0 unspecified atom stereocenters. The third-order valence-electron chi connectivity index (χ3n) is 4.39. The topological polar surface area (TPSA) is 66.8 Å². The average Bonchev–Trinajstić information content (AvgIpc) is 2.45. The third-order valence-corrected chi connectivity index (χ3v) is 4.39. The summed E-state index contributed by atoms with van der Waals surface area (Å²) in [6.45, 7) is 10.1. The number of amides is 1. The Morgan fingerprint density at radius 2 is 1.83 bits per heavy atom. The van der Waals surface area contributed by atoms with Gasteiger partial charge in [-0.05, 0) is 52.9 Å². The van der Waals surface area contributed by atoms with E-state index >= 15 is 0 Å². The molecule has 1 amide bonds. The number of aliphatic carboxylic acids is 1. The van der Waals surface area contributed by atoms with E-state index in [1.807, 2.05) is 26.8 Å². The molecule has 0 aliphatic carbocycles. The lowest BCUT2D eigenvalue weighted by Gasteiger charge is -2.39. The average molecular weight is 325 g/mol. The molecule has 1 fully saturated rings. The molecule has 0 aromatic carbocycles.